The molecule has 21 heavy (non-hydrogen) atoms. The fourth-order valence-corrected chi connectivity index (χ4v) is 5.07. The van der Waals surface area contributed by atoms with Crippen LogP contribution in [-0.2, 0) is 25.8 Å². The zero-order valence-electron chi connectivity index (χ0n) is 14.1. The van der Waals surface area contributed by atoms with Crippen molar-refractivity contribution in [3.63, 3.8) is 0 Å². The second-order valence-electron chi connectivity index (χ2n) is 4.26. The summed E-state index contributed by atoms with van der Waals surface area (Å²) in [7, 11) is 5.48. The van der Waals surface area contributed by atoms with Gasteiger partial charge in [0.1, 0.15) is 0 Å². The summed E-state index contributed by atoms with van der Waals surface area (Å²) in [5.41, 5.74) is 0. The normalized spacial score (nSPS) is 13.6. The second-order valence-corrected chi connectivity index (χ2v) is 9.88. The van der Waals surface area contributed by atoms with E-state index < -0.39 is 19.7 Å². The summed E-state index contributed by atoms with van der Waals surface area (Å²) in [6.45, 7) is 1.77. The first-order valence-corrected chi connectivity index (χ1v) is 10.4. The average molecular weight is 346 g/mol. The predicted molar refractivity (Wildman–Crippen MR) is 87.2 cm³/mol. The highest BCUT2D eigenvalue weighted by Gasteiger charge is 2.36. The molecule has 0 aromatic carbocycles. The Kier molecular flexibility index (Phi) is 12.0. The van der Waals surface area contributed by atoms with Gasteiger partial charge in [-0.3, -0.25) is 12.5 Å². The smallest absolute Gasteiger partial charge is 0.377 e. The Morgan fingerprint density at radius 1 is 0.762 bits per heavy atom. The predicted octanol–water partition coefficient (Wildman–Crippen LogP) is 1.72. The van der Waals surface area contributed by atoms with E-state index in [1.54, 1.807) is 42.7 Å². The second kappa shape index (κ2) is 11.8. The van der Waals surface area contributed by atoms with E-state index in [9.17, 15) is 0 Å². The fourth-order valence-electron chi connectivity index (χ4n) is 1.94. The van der Waals surface area contributed by atoms with Crippen LogP contribution in [0.15, 0.2) is 0 Å². The van der Waals surface area contributed by atoms with Gasteiger partial charge in [0.15, 0.2) is 0 Å². The van der Waals surface area contributed by atoms with Gasteiger partial charge in [0.05, 0.1) is 32.2 Å². The molecule has 0 aromatic rings. The highest BCUT2D eigenvalue weighted by molar-refractivity contribution is 8.21. The first-order chi connectivity index (χ1) is 10.1. The monoisotopic (exact) mass is 345 g/mol. The van der Waals surface area contributed by atoms with Crippen LogP contribution in [0.25, 0.3) is 0 Å². The zero-order chi connectivity index (χ0) is 16.2. The van der Waals surface area contributed by atoms with Crippen LogP contribution in [0.2, 0.25) is 6.04 Å². The quantitative estimate of drug-likeness (QED) is 0.380. The summed E-state index contributed by atoms with van der Waals surface area (Å²) in [6, 6.07) is 0.799. The number of rotatable bonds is 14. The van der Waals surface area contributed by atoms with Crippen molar-refractivity contribution in [2.24, 2.45) is 0 Å². The van der Waals surface area contributed by atoms with Crippen LogP contribution < -0.4 is 5.32 Å². The molecule has 0 saturated heterocycles. The van der Waals surface area contributed by atoms with Crippen LogP contribution >= 0.6 is 10.9 Å². The summed E-state index contributed by atoms with van der Waals surface area (Å²) in [5, 5.41) is 3.38. The van der Waals surface area contributed by atoms with Crippen molar-refractivity contribution < 1.29 is 25.8 Å². The molecule has 0 heterocycles. The van der Waals surface area contributed by atoms with Gasteiger partial charge < -0.3 is 18.6 Å². The van der Waals surface area contributed by atoms with Gasteiger partial charge in [-0.15, -0.1) is 0 Å². The Labute approximate surface area is 131 Å². The van der Waals surface area contributed by atoms with Crippen LogP contribution in [0.1, 0.15) is 12.8 Å². The molecule has 0 amide bonds. The maximum atomic E-state index is 5.37. The van der Waals surface area contributed by atoms with E-state index in [4.69, 9.17) is 25.8 Å². The lowest BCUT2D eigenvalue weighted by atomic mass is 10.4. The molecule has 7 nitrogen and oxygen atoms in total. The third-order valence-corrected chi connectivity index (χ3v) is 8.42. The van der Waals surface area contributed by atoms with Crippen molar-refractivity contribution in [2.75, 3.05) is 61.5 Å². The molecule has 9 heteroatoms. The molecule has 0 aliphatic heterocycles. The van der Waals surface area contributed by atoms with Crippen LogP contribution in [0.3, 0.4) is 0 Å². The zero-order valence-corrected chi connectivity index (χ0v) is 15.9. The van der Waals surface area contributed by atoms with E-state index >= 15 is 0 Å². The molecule has 0 rings (SSSR count). The van der Waals surface area contributed by atoms with Crippen molar-refractivity contribution >= 4 is 19.7 Å². The van der Waals surface area contributed by atoms with Gasteiger partial charge in [0.25, 0.3) is 0 Å². The highest BCUT2D eigenvalue weighted by atomic mass is 32.3. The molecule has 130 valence electrons. The molecule has 0 saturated carbocycles. The van der Waals surface area contributed by atoms with E-state index in [1.807, 2.05) is 0 Å². The maximum absolute atomic E-state index is 5.37. The molecule has 0 aromatic heterocycles. The number of hydrogen-bond acceptors (Lipinski definition) is 7. The van der Waals surface area contributed by atoms with Crippen LogP contribution in [0.5, 0.6) is 0 Å². The van der Waals surface area contributed by atoms with Crippen molar-refractivity contribution in [1.82, 2.24) is 5.32 Å². The summed E-state index contributed by atoms with van der Waals surface area (Å²) in [6.07, 6.45) is 1.87. The van der Waals surface area contributed by atoms with Crippen molar-refractivity contribution in [2.45, 2.75) is 18.9 Å². The van der Waals surface area contributed by atoms with E-state index in [1.165, 1.54) is 0 Å². The minimum Gasteiger partial charge on any atom is -0.377 e. The van der Waals surface area contributed by atoms with Crippen LogP contribution in [0, 0.1) is 0 Å². The molecule has 0 aliphatic rings. The largest absolute Gasteiger partial charge is 0.500 e. The Balaban J connectivity index is 3.78. The first-order valence-electron chi connectivity index (χ1n) is 6.91. The topological polar surface area (TPSA) is 67.4 Å². The molecule has 0 radical (unpaired) electrons. The lowest BCUT2D eigenvalue weighted by Gasteiger charge is -2.33. The molecule has 0 unspecified atom stereocenters. The third kappa shape index (κ3) is 7.40. The van der Waals surface area contributed by atoms with E-state index in [0.29, 0.717) is 0 Å². The maximum Gasteiger partial charge on any atom is 0.500 e. The molecule has 0 fully saturated rings. The number of hydrogen-bond donors (Lipinski definition) is 1. The van der Waals surface area contributed by atoms with Crippen LogP contribution in [0.4, 0.5) is 0 Å². The van der Waals surface area contributed by atoms with Crippen molar-refractivity contribution in [1.29, 1.82) is 0 Å². The highest BCUT2D eigenvalue weighted by Crippen LogP contribution is 2.49. The lowest BCUT2D eigenvalue weighted by Crippen LogP contribution is -2.43. The summed E-state index contributed by atoms with van der Waals surface area (Å²) in [4.78, 5) is 0. The Hall–Kier alpha value is 0.287. The van der Waals surface area contributed by atoms with Gasteiger partial charge in [-0.2, -0.15) is 0 Å². The third-order valence-electron chi connectivity index (χ3n) is 3.28. The Morgan fingerprint density at radius 2 is 1.24 bits per heavy atom. The molecular weight excluding hydrogens is 314 g/mol. The first kappa shape index (κ1) is 21.3. The SMILES string of the molecule is CO[Si](CCCNCCCS(OC)(OC)OC)(OC)OC. The number of nitrogens with one attached hydrogen (secondary N) is 1. The van der Waals surface area contributed by atoms with E-state index in [0.717, 1.165) is 37.7 Å². The lowest BCUT2D eigenvalue weighted by molar-refractivity contribution is 0.123. The molecular formula is C12H31NO6SSi. The van der Waals surface area contributed by atoms with Gasteiger partial charge in [-0.1, -0.05) is 0 Å². The molecule has 1 N–H and O–H groups in total. The average Bonchev–Trinajstić information content (AvgIpc) is 2.55. The van der Waals surface area contributed by atoms with Gasteiger partial charge >= 0.3 is 8.80 Å². The Bertz CT molecular complexity index is 213. The standard InChI is InChI=1S/C12H31NO6SSi/c1-14-20(15-2,16-3)11-7-9-13-10-8-12-21(17-4,18-5)19-6/h13H,7-12H2,1-6H3. The Morgan fingerprint density at radius 3 is 1.67 bits per heavy atom. The van der Waals surface area contributed by atoms with Crippen LogP contribution in [-0.4, -0.2) is 70.3 Å². The minimum absolute atomic E-state index is 0.746. The fraction of sp³-hybridized carbons (Fsp3) is 1.00. The van der Waals surface area contributed by atoms with E-state index in [2.05, 4.69) is 5.32 Å². The van der Waals surface area contributed by atoms with Gasteiger partial charge in [-0.05, 0) is 25.9 Å². The molecule has 0 bridgehead atoms. The van der Waals surface area contributed by atoms with Gasteiger partial charge in [-0.25, -0.2) is 0 Å². The van der Waals surface area contributed by atoms with Crippen molar-refractivity contribution in [3.8, 4) is 0 Å². The van der Waals surface area contributed by atoms with Crippen molar-refractivity contribution in [3.05, 3.63) is 0 Å². The molecule has 0 spiro atoms. The molecule has 0 aliphatic carbocycles. The molecule has 0 atom stereocenters. The van der Waals surface area contributed by atoms with Gasteiger partial charge in [0, 0.05) is 33.1 Å². The summed E-state index contributed by atoms with van der Waals surface area (Å²) in [5.74, 6) is 0.746. The minimum atomic E-state index is -2.43. The van der Waals surface area contributed by atoms with E-state index in [-0.39, 0.29) is 0 Å². The van der Waals surface area contributed by atoms with Gasteiger partial charge in [0.2, 0.25) is 0 Å². The summed E-state index contributed by atoms with van der Waals surface area (Å²) >= 11 is 0. The summed E-state index contributed by atoms with van der Waals surface area (Å²) < 4.78 is 32.1.